The molecule has 1 aliphatic heterocycles. The van der Waals surface area contributed by atoms with Crippen molar-refractivity contribution in [3.8, 4) is 5.75 Å². The van der Waals surface area contributed by atoms with Gasteiger partial charge in [0.05, 0.1) is 0 Å². The van der Waals surface area contributed by atoms with Crippen molar-refractivity contribution in [1.29, 1.82) is 0 Å². The summed E-state index contributed by atoms with van der Waals surface area (Å²) in [5.74, 6) is 0.733. The summed E-state index contributed by atoms with van der Waals surface area (Å²) < 4.78 is 6.47. The fraction of sp³-hybridized carbons (Fsp3) is 0.462. The summed E-state index contributed by atoms with van der Waals surface area (Å²) in [7, 11) is 1.84. The van der Waals surface area contributed by atoms with Gasteiger partial charge in [-0.2, -0.15) is 0 Å². The zero-order valence-electron chi connectivity index (χ0n) is 10.8. The molecule has 106 valence electrons. The summed E-state index contributed by atoms with van der Waals surface area (Å²) in [5.41, 5.74) is 0. The molecule has 1 N–H and O–H groups in total. The highest BCUT2D eigenvalue weighted by Gasteiger charge is 2.23. The second-order valence-electron chi connectivity index (χ2n) is 4.39. The molecule has 2 rings (SSSR count). The highest BCUT2D eigenvalue weighted by molar-refractivity contribution is 9.10. The average molecular weight is 350 g/mol. The van der Waals surface area contributed by atoms with Crippen LogP contribution in [0.4, 0.5) is 0 Å². The molecule has 0 saturated carbocycles. The monoisotopic (exact) mass is 348 g/mol. The average Bonchev–Trinajstić information content (AvgIpc) is 2.90. The molecule has 4 nitrogen and oxygen atoms in total. The molecule has 1 fully saturated rings. The molecule has 0 aliphatic carbocycles. The summed E-state index contributed by atoms with van der Waals surface area (Å²) in [5, 5.41) is 3.25. The van der Waals surface area contributed by atoms with Crippen LogP contribution in [0.3, 0.4) is 0 Å². The Morgan fingerprint density at radius 2 is 2.16 bits per heavy atom. The van der Waals surface area contributed by atoms with Gasteiger partial charge in [0.15, 0.2) is 6.61 Å². The van der Waals surface area contributed by atoms with Crippen LogP contribution >= 0.6 is 28.3 Å². The van der Waals surface area contributed by atoms with Gasteiger partial charge in [-0.25, -0.2) is 0 Å². The first-order valence-electron chi connectivity index (χ1n) is 6.01. The molecular formula is C13H18BrClN2O2. The largest absolute Gasteiger partial charge is 0.484 e. The minimum absolute atomic E-state index is 0. The van der Waals surface area contributed by atoms with Gasteiger partial charge < -0.3 is 15.0 Å². The van der Waals surface area contributed by atoms with Crippen LogP contribution in [-0.4, -0.2) is 43.6 Å². The molecule has 1 saturated heterocycles. The maximum atomic E-state index is 11.9. The van der Waals surface area contributed by atoms with Crippen LogP contribution in [0.1, 0.15) is 6.42 Å². The molecule has 0 bridgehead atoms. The number of ether oxygens (including phenoxy) is 1. The maximum Gasteiger partial charge on any atom is 0.260 e. The highest BCUT2D eigenvalue weighted by Crippen LogP contribution is 2.16. The van der Waals surface area contributed by atoms with E-state index < -0.39 is 0 Å². The van der Waals surface area contributed by atoms with Crippen molar-refractivity contribution in [2.75, 3.05) is 26.7 Å². The van der Waals surface area contributed by atoms with E-state index in [1.54, 1.807) is 4.90 Å². The summed E-state index contributed by atoms with van der Waals surface area (Å²) in [6.45, 7) is 1.95. The van der Waals surface area contributed by atoms with E-state index >= 15 is 0 Å². The van der Waals surface area contributed by atoms with Crippen molar-refractivity contribution in [3.05, 3.63) is 28.7 Å². The van der Waals surface area contributed by atoms with Gasteiger partial charge in [0, 0.05) is 24.1 Å². The molecule has 1 aliphatic rings. The quantitative estimate of drug-likeness (QED) is 0.905. The number of amides is 1. The van der Waals surface area contributed by atoms with E-state index in [4.69, 9.17) is 4.74 Å². The topological polar surface area (TPSA) is 41.6 Å². The lowest BCUT2D eigenvalue weighted by atomic mass is 10.2. The first-order chi connectivity index (χ1) is 8.66. The van der Waals surface area contributed by atoms with Crippen molar-refractivity contribution in [3.63, 3.8) is 0 Å². The second kappa shape index (κ2) is 7.72. The van der Waals surface area contributed by atoms with Gasteiger partial charge in [-0.3, -0.25) is 4.79 Å². The zero-order valence-corrected chi connectivity index (χ0v) is 13.2. The van der Waals surface area contributed by atoms with Crippen molar-refractivity contribution in [1.82, 2.24) is 10.2 Å². The Morgan fingerprint density at radius 1 is 1.47 bits per heavy atom. The van der Waals surface area contributed by atoms with Crippen molar-refractivity contribution in [2.45, 2.75) is 12.5 Å². The number of nitrogens with one attached hydrogen (secondary N) is 1. The predicted octanol–water partition coefficient (Wildman–Crippen LogP) is 2.07. The number of rotatable bonds is 4. The molecule has 19 heavy (non-hydrogen) atoms. The Labute approximate surface area is 128 Å². The number of halogens is 2. The number of nitrogens with zero attached hydrogens (tertiary/aromatic N) is 1. The lowest BCUT2D eigenvalue weighted by Crippen LogP contribution is -2.40. The summed E-state index contributed by atoms with van der Waals surface area (Å²) in [6.07, 6.45) is 1.01. The van der Waals surface area contributed by atoms with E-state index in [2.05, 4.69) is 21.2 Å². The van der Waals surface area contributed by atoms with Crippen LogP contribution in [0, 0.1) is 0 Å². The van der Waals surface area contributed by atoms with E-state index in [1.807, 2.05) is 31.3 Å². The standard InChI is InChI=1S/C13H17BrN2O2.ClH/c1-16(11-6-7-15-8-11)13(17)9-18-12-4-2-10(14)3-5-12;/h2-5,11,15H,6-9H2,1H3;1H. The van der Waals surface area contributed by atoms with E-state index in [9.17, 15) is 4.79 Å². The summed E-state index contributed by atoms with van der Waals surface area (Å²) in [6, 6.07) is 7.77. The molecule has 6 heteroatoms. The Morgan fingerprint density at radius 3 is 2.74 bits per heavy atom. The van der Waals surface area contributed by atoms with Crippen LogP contribution in [0.5, 0.6) is 5.75 Å². The third-order valence-corrected chi connectivity index (χ3v) is 3.68. The van der Waals surface area contributed by atoms with Crippen molar-refractivity contribution < 1.29 is 9.53 Å². The molecule has 0 spiro atoms. The number of hydrogen-bond donors (Lipinski definition) is 1. The molecular weight excluding hydrogens is 332 g/mol. The van der Waals surface area contributed by atoms with E-state index in [0.29, 0.717) is 11.8 Å². The Hall–Kier alpha value is -0.780. The number of benzene rings is 1. The van der Waals surface area contributed by atoms with Gasteiger partial charge in [0.1, 0.15) is 5.75 Å². The SMILES string of the molecule is CN(C(=O)COc1ccc(Br)cc1)C1CCNC1.Cl. The van der Waals surface area contributed by atoms with Gasteiger partial charge in [0.25, 0.3) is 5.91 Å². The summed E-state index contributed by atoms with van der Waals surface area (Å²) in [4.78, 5) is 13.7. The molecule has 0 aromatic heterocycles. The Bertz CT molecular complexity index is 408. The number of carbonyl (C=O) groups is 1. The van der Waals surface area contributed by atoms with Gasteiger partial charge in [-0.1, -0.05) is 15.9 Å². The third kappa shape index (κ3) is 4.67. The van der Waals surface area contributed by atoms with Crippen LogP contribution in [0.15, 0.2) is 28.7 Å². The molecule has 0 radical (unpaired) electrons. The summed E-state index contributed by atoms with van der Waals surface area (Å²) >= 11 is 3.36. The lowest BCUT2D eigenvalue weighted by molar-refractivity contribution is -0.133. The number of carbonyl (C=O) groups excluding carboxylic acids is 1. The van der Waals surface area contributed by atoms with Crippen molar-refractivity contribution >= 4 is 34.2 Å². The minimum atomic E-state index is 0. The fourth-order valence-corrected chi connectivity index (χ4v) is 2.22. The van der Waals surface area contributed by atoms with E-state index in [0.717, 1.165) is 24.0 Å². The molecule has 1 aromatic rings. The first kappa shape index (κ1) is 16.3. The van der Waals surface area contributed by atoms with Crippen LogP contribution in [-0.2, 0) is 4.79 Å². The molecule has 1 unspecified atom stereocenters. The number of hydrogen-bond acceptors (Lipinski definition) is 3. The van der Waals surface area contributed by atoms with Crippen LogP contribution in [0.25, 0.3) is 0 Å². The van der Waals surface area contributed by atoms with E-state index in [1.165, 1.54) is 0 Å². The van der Waals surface area contributed by atoms with Gasteiger partial charge >= 0.3 is 0 Å². The minimum Gasteiger partial charge on any atom is -0.484 e. The van der Waals surface area contributed by atoms with E-state index in [-0.39, 0.29) is 24.9 Å². The Balaban J connectivity index is 0.00000180. The number of likely N-dealkylation sites (N-methyl/N-ethyl adjacent to an activating group) is 1. The normalized spacial score (nSPS) is 17.7. The third-order valence-electron chi connectivity index (χ3n) is 3.15. The molecule has 1 heterocycles. The lowest BCUT2D eigenvalue weighted by Gasteiger charge is -2.23. The first-order valence-corrected chi connectivity index (χ1v) is 6.81. The van der Waals surface area contributed by atoms with Crippen molar-refractivity contribution in [2.24, 2.45) is 0 Å². The van der Waals surface area contributed by atoms with Gasteiger partial charge in [-0.05, 0) is 37.2 Å². The van der Waals surface area contributed by atoms with Gasteiger partial charge in [0.2, 0.25) is 0 Å². The molecule has 1 atom stereocenters. The second-order valence-corrected chi connectivity index (χ2v) is 5.31. The predicted molar refractivity (Wildman–Crippen MR) is 80.9 cm³/mol. The van der Waals surface area contributed by atoms with Crippen LogP contribution < -0.4 is 10.1 Å². The smallest absolute Gasteiger partial charge is 0.260 e. The Kier molecular flexibility index (Phi) is 6.62. The maximum absolute atomic E-state index is 11.9. The fourth-order valence-electron chi connectivity index (χ4n) is 1.95. The molecule has 1 amide bonds. The van der Waals surface area contributed by atoms with Crippen LogP contribution in [0.2, 0.25) is 0 Å². The molecule has 1 aromatic carbocycles. The zero-order chi connectivity index (χ0) is 13.0. The highest BCUT2D eigenvalue weighted by atomic mass is 79.9. The van der Waals surface area contributed by atoms with Gasteiger partial charge in [-0.15, -0.1) is 12.4 Å².